The highest BCUT2D eigenvalue weighted by molar-refractivity contribution is 7.89. The Bertz CT molecular complexity index is 860. The number of sulfonamides is 1. The summed E-state index contributed by atoms with van der Waals surface area (Å²) in [7, 11) is -3.54. The zero-order valence-corrected chi connectivity index (χ0v) is 15.6. The minimum absolute atomic E-state index is 0.0185. The lowest BCUT2D eigenvalue weighted by atomic mass is 9.97. The average Bonchev–Trinajstić information content (AvgIpc) is 2.84. The van der Waals surface area contributed by atoms with Gasteiger partial charge in [-0.05, 0) is 38.0 Å². The van der Waals surface area contributed by atoms with E-state index in [1.165, 1.54) is 19.3 Å². The molecule has 7 heteroatoms. The lowest BCUT2D eigenvalue weighted by Gasteiger charge is -2.21. The molecule has 24 heavy (non-hydrogen) atoms. The van der Waals surface area contributed by atoms with Gasteiger partial charge in [0.1, 0.15) is 0 Å². The van der Waals surface area contributed by atoms with Crippen LogP contribution in [0.4, 0.5) is 0 Å². The number of rotatable bonds is 4. The lowest BCUT2D eigenvalue weighted by Crippen LogP contribution is -2.35. The van der Waals surface area contributed by atoms with Crippen LogP contribution in [0.3, 0.4) is 0 Å². The third-order valence-corrected chi connectivity index (χ3v) is 7.15. The predicted octanol–water partition coefficient (Wildman–Crippen LogP) is 3.47. The van der Waals surface area contributed by atoms with Crippen molar-refractivity contribution in [2.75, 3.05) is 0 Å². The normalized spacial score (nSPS) is 17.7. The van der Waals surface area contributed by atoms with E-state index >= 15 is 0 Å². The molecule has 0 saturated heterocycles. The molecule has 132 valence electrons. The second-order valence-electron chi connectivity index (χ2n) is 6.41. The maximum atomic E-state index is 12.7. The van der Waals surface area contributed by atoms with Gasteiger partial charge in [-0.3, -0.25) is 9.36 Å². The number of benzene rings is 1. The average molecular weight is 369 g/mol. The summed E-state index contributed by atoms with van der Waals surface area (Å²) in [5.41, 5.74) is 0.803. The molecule has 1 saturated carbocycles. The molecule has 0 amide bonds. The topological polar surface area (TPSA) is 68.2 Å². The molecule has 1 aromatic carbocycles. The lowest BCUT2D eigenvalue weighted by molar-refractivity contribution is 0.426. The summed E-state index contributed by atoms with van der Waals surface area (Å²) < 4.78 is 30.7. The smallest absolute Gasteiger partial charge is 0.299 e. The van der Waals surface area contributed by atoms with Crippen molar-refractivity contribution in [2.45, 2.75) is 69.4 Å². The highest BCUT2D eigenvalue weighted by Crippen LogP contribution is 2.23. The molecule has 1 N–H and O–H groups in total. The van der Waals surface area contributed by atoms with Crippen LogP contribution in [0.1, 0.15) is 51.9 Å². The van der Waals surface area contributed by atoms with E-state index in [1.807, 2.05) is 6.92 Å². The zero-order chi connectivity index (χ0) is 17.2. The number of hydrogen-bond donors (Lipinski definition) is 1. The summed E-state index contributed by atoms with van der Waals surface area (Å²) in [6.45, 7) is 2.50. The Balaban J connectivity index is 1.86. The third kappa shape index (κ3) is 3.73. The maximum Gasteiger partial charge on any atom is 0.308 e. The van der Waals surface area contributed by atoms with Crippen molar-refractivity contribution in [1.82, 2.24) is 9.29 Å². The standard InChI is InChI=1S/C17H24N2O3S2/c1-2-19-15-11-10-14(12-16(15)23-17(19)20)24(21,22)18-13-8-6-4-3-5-7-9-13/h10-13,18H,2-9H2,1H3. The van der Waals surface area contributed by atoms with Crippen molar-refractivity contribution in [2.24, 2.45) is 0 Å². The van der Waals surface area contributed by atoms with Gasteiger partial charge < -0.3 is 0 Å². The Hall–Kier alpha value is -1.18. The largest absolute Gasteiger partial charge is 0.308 e. The van der Waals surface area contributed by atoms with E-state index in [1.54, 1.807) is 22.8 Å². The molecule has 1 aromatic heterocycles. The Labute approximate surface area is 146 Å². The van der Waals surface area contributed by atoms with E-state index in [-0.39, 0.29) is 15.8 Å². The van der Waals surface area contributed by atoms with Crippen LogP contribution in [-0.2, 0) is 16.6 Å². The molecule has 0 aliphatic heterocycles. The number of thiazole rings is 1. The van der Waals surface area contributed by atoms with Gasteiger partial charge in [0, 0.05) is 12.6 Å². The summed E-state index contributed by atoms with van der Waals surface area (Å²) in [6.07, 6.45) is 7.58. The number of hydrogen-bond acceptors (Lipinski definition) is 4. The van der Waals surface area contributed by atoms with Gasteiger partial charge in [0.25, 0.3) is 0 Å². The molecule has 3 rings (SSSR count). The zero-order valence-electron chi connectivity index (χ0n) is 14.0. The molecular weight excluding hydrogens is 344 g/mol. The van der Waals surface area contributed by atoms with Crippen LogP contribution >= 0.6 is 11.3 Å². The molecule has 1 heterocycles. The minimum Gasteiger partial charge on any atom is -0.299 e. The maximum absolute atomic E-state index is 12.7. The molecule has 1 fully saturated rings. The first kappa shape index (κ1) is 17.6. The molecule has 1 aliphatic rings. The number of aryl methyl sites for hydroxylation is 1. The first-order valence-electron chi connectivity index (χ1n) is 8.67. The van der Waals surface area contributed by atoms with Crippen LogP contribution in [0.25, 0.3) is 10.2 Å². The highest BCUT2D eigenvalue weighted by atomic mass is 32.2. The van der Waals surface area contributed by atoms with Crippen molar-refractivity contribution >= 4 is 31.6 Å². The van der Waals surface area contributed by atoms with Crippen LogP contribution in [0.2, 0.25) is 0 Å². The Morgan fingerprint density at radius 2 is 1.83 bits per heavy atom. The third-order valence-electron chi connectivity index (χ3n) is 4.69. The van der Waals surface area contributed by atoms with Crippen LogP contribution in [-0.4, -0.2) is 19.0 Å². The number of nitrogens with zero attached hydrogens (tertiary/aromatic N) is 1. The van der Waals surface area contributed by atoms with Gasteiger partial charge >= 0.3 is 4.87 Å². The molecule has 0 atom stereocenters. The first-order chi connectivity index (χ1) is 11.5. The predicted molar refractivity (Wildman–Crippen MR) is 98.2 cm³/mol. The molecule has 0 unspecified atom stereocenters. The van der Waals surface area contributed by atoms with Gasteiger partial charge in [-0.25, -0.2) is 13.1 Å². The Kier molecular flexibility index (Phi) is 5.42. The van der Waals surface area contributed by atoms with Gasteiger partial charge in [-0.1, -0.05) is 43.4 Å². The fourth-order valence-electron chi connectivity index (χ4n) is 3.37. The van der Waals surface area contributed by atoms with Crippen molar-refractivity contribution < 1.29 is 8.42 Å². The fourth-order valence-corrected chi connectivity index (χ4v) is 5.77. The number of nitrogens with one attached hydrogen (secondary N) is 1. The van der Waals surface area contributed by atoms with E-state index in [9.17, 15) is 13.2 Å². The highest BCUT2D eigenvalue weighted by Gasteiger charge is 2.21. The van der Waals surface area contributed by atoms with Crippen molar-refractivity contribution in [3.05, 3.63) is 27.9 Å². The summed E-state index contributed by atoms with van der Waals surface area (Å²) in [4.78, 5) is 12.1. The summed E-state index contributed by atoms with van der Waals surface area (Å²) in [6, 6.07) is 4.98. The Morgan fingerprint density at radius 3 is 2.50 bits per heavy atom. The van der Waals surface area contributed by atoms with Crippen molar-refractivity contribution in [3.8, 4) is 0 Å². The molecule has 5 nitrogen and oxygen atoms in total. The summed E-state index contributed by atoms with van der Waals surface area (Å²) in [5, 5.41) is 0. The van der Waals surface area contributed by atoms with E-state index < -0.39 is 10.0 Å². The second-order valence-corrected chi connectivity index (χ2v) is 9.11. The fraction of sp³-hybridized carbons (Fsp3) is 0.588. The Morgan fingerprint density at radius 1 is 1.17 bits per heavy atom. The molecule has 0 spiro atoms. The number of fused-ring (bicyclic) bond motifs is 1. The number of aromatic nitrogens is 1. The van der Waals surface area contributed by atoms with Crippen LogP contribution in [0.5, 0.6) is 0 Å². The second kappa shape index (κ2) is 7.37. The van der Waals surface area contributed by atoms with Gasteiger partial charge in [-0.15, -0.1) is 0 Å². The van der Waals surface area contributed by atoms with Crippen molar-refractivity contribution in [1.29, 1.82) is 0 Å². The van der Waals surface area contributed by atoms with E-state index in [4.69, 9.17) is 0 Å². The van der Waals surface area contributed by atoms with E-state index in [2.05, 4.69) is 4.72 Å². The van der Waals surface area contributed by atoms with Gasteiger partial charge in [0.2, 0.25) is 10.0 Å². The van der Waals surface area contributed by atoms with Crippen LogP contribution in [0.15, 0.2) is 27.9 Å². The molecular formula is C17H24N2O3S2. The minimum atomic E-state index is -3.54. The van der Waals surface area contributed by atoms with Gasteiger partial charge in [0.05, 0.1) is 15.1 Å². The molecule has 0 radical (unpaired) electrons. The van der Waals surface area contributed by atoms with E-state index in [0.717, 1.165) is 47.2 Å². The quantitative estimate of drug-likeness (QED) is 0.898. The molecule has 0 bridgehead atoms. The van der Waals surface area contributed by atoms with Gasteiger partial charge in [-0.2, -0.15) is 0 Å². The first-order valence-corrected chi connectivity index (χ1v) is 11.0. The summed E-state index contributed by atoms with van der Waals surface area (Å²) in [5.74, 6) is 0. The van der Waals surface area contributed by atoms with Crippen LogP contribution < -0.4 is 9.60 Å². The summed E-state index contributed by atoms with van der Waals surface area (Å²) >= 11 is 1.10. The monoisotopic (exact) mass is 368 g/mol. The van der Waals surface area contributed by atoms with Crippen molar-refractivity contribution in [3.63, 3.8) is 0 Å². The molecule has 2 aromatic rings. The van der Waals surface area contributed by atoms with E-state index in [0.29, 0.717) is 6.54 Å². The SMILES string of the molecule is CCn1c(=O)sc2cc(S(=O)(=O)NC3CCCCCCC3)ccc21. The van der Waals surface area contributed by atoms with Gasteiger partial charge in [0.15, 0.2) is 0 Å². The van der Waals surface area contributed by atoms with Crippen LogP contribution in [0, 0.1) is 0 Å². The molecule has 1 aliphatic carbocycles.